The van der Waals surface area contributed by atoms with Gasteiger partial charge in [0, 0.05) is 37.1 Å². The molecule has 3 fully saturated rings. The summed E-state index contributed by atoms with van der Waals surface area (Å²) in [7, 11) is 1.83. The van der Waals surface area contributed by atoms with Crippen LogP contribution in [0.2, 0.25) is 0 Å². The molecule has 3 aromatic heterocycles. The number of pyridine rings is 1. The Morgan fingerprint density at radius 1 is 1.15 bits per heavy atom. The Balaban J connectivity index is 1.33. The van der Waals surface area contributed by atoms with Gasteiger partial charge in [-0.25, -0.2) is 14.4 Å². The van der Waals surface area contributed by atoms with Crippen LogP contribution in [0.4, 0.5) is 4.39 Å². The van der Waals surface area contributed by atoms with E-state index in [1.54, 1.807) is 17.6 Å². The van der Waals surface area contributed by atoms with Crippen LogP contribution in [-0.2, 0) is 19.2 Å². The van der Waals surface area contributed by atoms with Gasteiger partial charge in [0.25, 0.3) is 5.91 Å². The molecule has 7 rings (SSSR count). The van der Waals surface area contributed by atoms with Crippen molar-refractivity contribution < 1.29 is 14.3 Å². The first-order valence-electron chi connectivity index (χ1n) is 14.4. The Hall–Kier alpha value is -3.26. The summed E-state index contributed by atoms with van der Waals surface area (Å²) in [6, 6.07) is 9.33. The van der Waals surface area contributed by atoms with Crippen LogP contribution >= 0.6 is 0 Å². The van der Waals surface area contributed by atoms with Crippen molar-refractivity contribution in [2.75, 3.05) is 6.54 Å². The fourth-order valence-corrected chi connectivity index (χ4v) is 6.90. The highest BCUT2D eigenvalue weighted by Gasteiger charge is 2.46. The Kier molecular flexibility index (Phi) is 5.47. The number of nitrogens with zero attached hydrogens (tertiary/aromatic N) is 5. The molecule has 204 valence electrons. The second kappa shape index (κ2) is 8.62. The molecule has 8 heteroatoms. The molecule has 1 aromatic carbocycles. The minimum atomic E-state index is -1.01. The first-order valence-corrected chi connectivity index (χ1v) is 14.4. The summed E-state index contributed by atoms with van der Waals surface area (Å²) < 4.78 is 19.6. The molecular weight excluding hydrogens is 493 g/mol. The van der Waals surface area contributed by atoms with Crippen molar-refractivity contribution in [2.24, 2.45) is 24.8 Å². The molecule has 1 amide bonds. The van der Waals surface area contributed by atoms with Gasteiger partial charge in [-0.1, -0.05) is 13.8 Å². The van der Waals surface area contributed by atoms with Gasteiger partial charge >= 0.3 is 0 Å². The average molecular weight is 530 g/mol. The first kappa shape index (κ1) is 24.8. The zero-order valence-corrected chi connectivity index (χ0v) is 23.1. The molecule has 0 spiro atoms. The second-order valence-corrected chi connectivity index (χ2v) is 12.4. The smallest absolute Gasteiger partial charge is 0.254 e. The van der Waals surface area contributed by atoms with Gasteiger partial charge in [-0.3, -0.25) is 4.79 Å². The molecule has 0 radical (unpaired) electrons. The summed E-state index contributed by atoms with van der Waals surface area (Å²) in [6.45, 7) is 7.53. The van der Waals surface area contributed by atoms with E-state index in [9.17, 15) is 9.90 Å². The van der Waals surface area contributed by atoms with E-state index < -0.39 is 11.4 Å². The number of benzene rings is 1. The van der Waals surface area contributed by atoms with E-state index >= 15 is 4.39 Å². The molecule has 2 aliphatic carbocycles. The van der Waals surface area contributed by atoms with Crippen molar-refractivity contribution in [1.82, 2.24) is 24.0 Å². The second-order valence-electron chi connectivity index (χ2n) is 12.4. The number of carbonyl (C=O) groups excluding carboxylic acids is 1. The number of aromatic nitrogens is 4. The zero-order valence-electron chi connectivity index (χ0n) is 23.1. The third-order valence-corrected chi connectivity index (χ3v) is 9.80. The van der Waals surface area contributed by atoms with Crippen LogP contribution in [0.3, 0.4) is 0 Å². The van der Waals surface area contributed by atoms with Gasteiger partial charge in [-0.15, -0.1) is 0 Å². The average Bonchev–Trinajstić information content (AvgIpc) is 3.32. The van der Waals surface area contributed by atoms with E-state index in [0.717, 1.165) is 36.2 Å². The molecule has 3 aliphatic rings. The number of likely N-dealkylation sites (tertiary alicyclic amines) is 1. The number of hydrogen-bond donors (Lipinski definition) is 1. The van der Waals surface area contributed by atoms with E-state index in [0.29, 0.717) is 52.3 Å². The summed E-state index contributed by atoms with van der Waals surface area (Å²) >= 11 is 0. The first-order chi connectivity index (χ1) is 18.7. The maximum absolute atomic E-state index is 15.6. The SMILES string of the molecule is CCC(C)(O)c1ccc2cc(-c3nc4cc(C(=O)N5CC6CCC5C6C)cc(F)c4n3C)n(CC3CC3)c2n1. The number of hydrogen-bond acceptors (Lipinski definition) is 4. The van der Waals surface area contributed by atoms with E-state index in [4.69, 9.17) is 9.97 Å². The van der Waals surface area contributed by atoms with Crippen LogP contribution in [-0.4, -0.2) is 47.6 Å². The van der Waals surface area contributed by atoms with Crippen LogP contribution in [0.1, 0.15) is 68.9 Å². The Morgan fingerprint density at radius 3 is 2.62 bits per heavy atom. The van der Waals surface area contributed by atoms with Crippen molar-refractivity contribution in [1.29, 1.82) is 0 Å². The summed E-state index contributed by atoms with van der Waals surface area (Å²) in [4.78, 5) is 25.2. The van der Waals surface area contributed by atoms with Crippen molar-refractivity contribution >= 4 is 28.0 Å². The zero-order chi connectivity index (χ0) is 27.2. The van der Waals surface area contributed by atoms with Gasteiger partial charge in [0.1, 0.15) is 22.6 Å². The fraction of sp³-hybridized carbons (Fsp3) is 0.516. The summed E-state index contributed by atoms with van der Waals surface area (Å²) in [5, 5.41) is 11.8. The highest BCUT2D eigenvalue weighted by molar-refractivity contribution is 5.98. The third kappa shape index (κ3) is 3.82. The molecule has 1 aliphatic heterocycles. The lowest BCUT2D eigenvalue weighted by Crippen LogP contribution is -2.38. The summed E-state index contributed by atoms with van der Waals surface area (Å²) in [5.74, 6) is 1.75. The minimum absolute atomic E-state index is 0.0930. The molecule has 1 N–H and O–H groups in total. The molecule has 1 saturated heterocycles. The highest BCUT2D eigenvalue weighted by Crippen LogP contribution is 2.43. The molecule has 2 bridgehead atoms. The number of amides is 1. The van der Waals surface area contributed by atoms with Crippen molar-refractivity contribution in [3.8, 4) is 11.5 Å². The van der Waals surface area contributed by atoms with Crippen molar-refractivity contribution in [3.63, 3.8) is 0 Å². The van der Waals surface area contributed by atoms with Gasteiger partial charge in [0.2, 0.25) is 0 Å². The monoisotopic (exact) mass is 529 g/mol. The quantitative estimate of drug-likeness (QED) is 0.351. The number of rotatable bonds is 6. The number of halogens is 1. The Labute approximate surface area is 227 Å². The van der Waals surface area contributed by atoms with Crippen LogP contribution < -0.4 is 0 Å². The van der Waals surface area contributed by atoms with E-state index in [1.807, 2.05) is 31.0 Å². The van der Waals surface area contributed by atoms with E-state index in [-0.39, 0.29) is 11.9 Å². The van der Waals surface area contributed by atoms with Gasteiger partial charge < -0.3 is 19.1 Å². The minimum Gasteiger partial charge on any atom is -0.384 e. The van der Waals surface area contributed by atoms with E-state index in [1.165, 1.54) is 25.3 Å². The van der Waals surface area contributed by atoms with Gasteiger partial charge in [-0.2, -0.15) is 0 Å². The van der Waals surface area contributed by atoms with Crippen molar-refractivity contribution in [3.05, 3.63) is 47.4 Å². The molecule has 4 heterocycles. The molecule has 2 saturated carbocycles. The molecule has 39 heavy (non-hydrogen) atoms. The lowest BCUT2D eigenvalue weighted by atomic mass is 9.98. The number of fused-ring (bicyclic) bond motifs is 4. The van der Waals surface area contributed by atoms with Gasteiger partial charge in [0.05, 0.1) is 16.9 Å². The standard InChI is InChI=1S/C31H36FN5O2/c1-5-31(3,39)26-11-9-19-14-25(36(28(19)34-26)15-18-6-7-18)29-33-23-13-21(12-22(32)27(23)35(29)4)30(38)37-16-20-8-10-24(37)17(20)2/h9,11-14,17-18,20,24,39H,5-8,10,15-16H2,1-4H3. The third-order valence-electron chi connectivity index (χ3n) is 9.80. The normalized spacial score (nSPS) is 24.3. The predicted molar refractivity (Wildman–Crippen MR) is 149 cm³/mol. The van der Waals surface area contributed by atoms with Crippen LogP contribution in [0.15, 0.2) is 30.3 Å². The number of aryl methyl sites for hydroxylation is 1. The topological polar surface area (TPSA) is 76.2 Å². The molecular formula is C31H36FN5O2. The maximum atomic E-state index is 15.6. The van der Waals surface area contributed by atoms with Crippen LogP contribution in [0.25, 0.3) is 33.6 Å². The lowest BCUT2D eigenvalue weighted by Gasteiger charge is -2.27. The van der Waals surface area contributed by atoms with Crippen molar-refractivity contribution in [2.45, 2.75) is 71.1 Å². The Bertz CT molecular complexity index is 1630. The highest BCUT2D eigenvalue weighted by atomic mass is 19.1. The fourth-order valence-electron chi connectivity index (χ4n) is 6.90. The van der Waals surface area contributed by atoms with Crippen LogP contribution in [0, 0.1) is 23.6 Å². The molecule has 4 aromatic rings. The lowest BCUT2D eigenvalue weighted by molar-refractivity contribution is 0.0488. The van der Waals surface area contributed by atoms with Gasteiger partial charge in [-0.05, 0) is 87.1 Å². The Morgan fingerprint density at radius 2 is 1.95 bits per heavy atom. The number of aliphatic hydroxyl groups is 1. The number of piperidine rings is 1. The number of imidazole rings is 1. The maximum Gasteiger partial charge on any atom is 0.254 e. The van der Waals surface area contributed by atoms with E-state index in [2.05, 4.69) is 17.6 Å². The molecule has 4 unspecified atom stereocenters. The summed E-state index contributed by atoms with van der Waals surface area (Å²) in [5.41, 5.74) is 2.56. The predicted octanol–water partition coefficient (Wildman–Crippen LogP) is 5.63. The largest absolute Gasteiger partial charge is 0.384 e. The molecule has 7 nitrogen and oxygen atoms in total. The summed E-state index contributed by atoms with van der Waals surface area (Å²) in [6.07, 6.45) is 5.11. The van der Waals surface area contributed by atoms with Crippen LogP contribution in [0.5, 0.6) is 0 Å². The molecule has 4 atom stereocenters. The van der Waals surface area contributed by atoms with Gasteiger partial charge in [0.15, 0.2) is 5.82 Å². The number of carbonyl (C=O) groups is 1.